The molecule has 0 fully saturated rings. The Hall–Kier alpha value is -1.62. The Labute approximate surface area is 88.6 Å². The normalized spacial score (nSPS) is 10.8. The third kappa shape index (κ3) is 2.07. The second kappa shape index (κ2) is 4.27. The quantitative estimate of drug-likeness (QED) is 0.792. The molecule has 0 amide bonds. The van der Waals surface area contributed by atoms with Crippen LogP contribution in [0.3, 0.4) is 0 Å². The molecule has 0 saturated carbocycles. The van der Waals surface area contributed by atoms with E-state index >= 15 is 0 Å². The molecule has 0 spiro atoms. The van der Waals surface area contributed by atoms with Crippen LogP contribution in [0, 0.1) is 6.92 Å². The van der Waals surface area contributed by atoms with Gasteiger partial charge in [-0.25, -0.2) is 9.97 Å². The molecule has 2 aromatic heterocycles. The van der Waals surface area contributed by atoms with E-state index in [1.54, 1.807) is 6.20 Å². The number of rotatable bonds is 4. The molecule has 0 aliphatic carbocycles. The van der Waals surface area contributed by atoms with E-state index in [2.05, 4.69) is 19.1 Å². The first-order chi connectivity index (χ1) is 7.31. The van der Waals surface area contributed by atoms with Crippen molar-refractivity contribution in [2.45, 2.75) is 26.6 Å². The van der Waals surface area contributed by atoms with Gasteiger partial charge in [-0.15, -0.1) is 0 Å². The van der Waals surface area contributed by atoms with Crippen LogP contribution in [0.4, 0.5) is 0 Å². The molecule has 2 N–H and O–H groups in total. The Kier molecular flexibility index (Phi) is 2.82. The summed E-state index contributed by atoms with van der Waals surface area (Å²) in [5.41, 5.74) is 5.57. The summed E-state index contributed by atoms with van der Waals surface area (Å²) in [6.07, 6.45) is 7.53. The highest BCUT2D eigenvalue weighted by Crippen LogP contribution is 2.00. The predicted molar refractivity (Wildman–Crippen MR) is 57.1 cm³/mol. The zero-order chi connectivity index (χ0) is 10.7. The monoisotopic (exact) mass is 205 g/mol. The molecule has 2 rings (SSSR count). The molecule has 0 unspecified atom stereocenters. The van der Waals surface area contributed by atoms with Gasteiger partial charge in [0.05, 0.1) is 6.54 Å². The minimum atomic E-state index is 0.482. The van der Waals surface area contributed by atoms with Crippen molar-refractivity contribution in [3.05, 3.63) is 36.4 Å². The molecular weight excluding hydrogens is 190 g/mol. The number of aryl methyl sites for hydroxylation is 3. The second-order valence-electron chi connectivity index (χ2n) is 3.41. The van der Waals surface area contributed by atoms with Crippen LogP contribution < -0.4 is 5.73 Å². The molecule has 0 bridgehead atoms. The largest absolute Gasteiger partial charge is 0.333 e. The first-order valence-corrected chi connectivity index (χ1v) is 4.99. The lowest BCUT2D eigenvalue weighted by Crippen LogP contribution is -2.12. The van der Waals surface area contributed by atoms with Crippen LogP contribution >= 0.6 is 0 Å². The average Bonchev–Trinajstić information content (AvgIpc) is 2.83. The minimum absolute atomic E-state index is 0.482. The Bertz CT molecular complexity index is 428. The van der Waals surface area contributed by atoms with Gasteiger partial charge in [0.25, 0.3) is 0 Å². The molecule has 5 nitrogen and oxygen atoms in total. The lowest BCUT2D eigenvalue weighted by Gasteiger charge is -2.08. The number of imidazole rings is 2. The van der Waals surface area contributed by atoms with Crippen molar-refractivity contribution in [1.82, 2.24) is 19.1 Å². The van der Waals surface area contributed by atoms with Gasteiger partial charge in [-0.3, -0.25) is 0 Å². The van der Waals surface area contributed by atoms with E-state index in [-0.39, 0.29) is 0 Å². The van der Waals surface area contributed by atoms with E-state index in [0.29, 0.717) is 6.54 Å². The van der Waals surface area contributed by atoms with Crippen molar-refractivity contribution in [3.8, 4) is 0 Å². The highest BCUT2D eigenvalue weighted by molar-refractivity contribution is 4.92. The van der Waals surface area contributed by atoms with Gasteiger partial charge in [-0.1, -0.05) is 0 Å². The zero-order valence-corrected chi connectivity index (χ0v) is 8.80. The standard InChI is InChI=1S/C10H15N5/c1-9-12-2-4-14(9)6-7-15-5-3-13-10(15)8-11/h2-5H,6-8,11H2,1H3. The molecule has 2 heterocycles. The van der Waals surface area contributed by atoms with Gasteiger partial charge in [-0.05, 0) is 6.92 Å². The van der Waals surface area contributed by atoms with Crippen LogP contribution in [0.2, 0.25) is 0 Å². The van der Waals surface area contributed by atoms with Crippen molar-refractivity contribution in [1.29, 1.82) is 0 Å². The lowest BCUT2D eigenvalue weighted by atomic mass is 10.5. The highest BCUT2D eigenvalue weighted by Gasteiger charge is 2.01. The van der Waals surface area contributed by atoms with Crippen LogP contribution in [0.1, 0.15) is 11.6 Å². The van der Waals surface area contributed by atoms with E-state index in [4.69, 9.17) is 5.73 Å². The topological polar surface area (TPSA) is 61.7 Å². The Morgan fingerprint density at radius 1 is 1.13 bits per heavy atom. The number of hydrogen-bond donors (Lipinski definition) is 1. The molecule has 0 aliphatic rings. The van der Waals surface area contributed by atoms with Gasteiger partial charge in [0.2, 0.25) is 0 Å². The number of hydrogen-bond acceptors (Lipinski definition) is 3. The van der Waals surface area contributed by atoms with Crippen molar-refractivity contribution >= 4 is 0 Å². The lowest BCUT2D eigenvalue weighted by molar-refractivity contribution is 0.550. The first kappa shape index (κ1) is 9.92. The van der Waals surface area contributed by atoms with E-state index in [1.807, 2.05) is 25.5 Å². The maximum absolute atomic E-state index is 5.57. The maximum Gasteiger partial charge on any atom is 0.122 e. The van der Waals surface area contributed by atoms with Crippen molar-refractivity contribution in [2.75, 3.05) is 0 Å². The van der Waals surface area contributed by atoms with Crippen LogP contribution in [0.15, 0.2) is 24.8 Å². The second-order valence-corrected chi connectivity index (χ2v) is 3.41. The summed E-state index contributed by atoms with van der Waals surface area (Å²) in [7, 11) is 0. The molecular formula is C10H15N5. The maximum atomic E-state index is 5.57. The molecule has 15 heavy (non-hydrogen) atoms. The van der Waals surface area contributed by atoms with Gasteiger partial charge in [0.15, 0.2) is 0 Å². The third-order valence-electron chi connectivity index (χ3n) is 2.49. The van der Waals surface area contributed by atoms with Gasteiger partial charge in [-0.2, -0.15) is 0 Å². The molecule has 0 saturated heterocycles. The molecule has 0 radical (unpaired) electrons. The van der Waals surface area contributed by atoms with Gasteiger partial charge in [0, 0.05) is 37.9 Å². The summed E-state index contributed by atoms with van der Waals surface area (Å²) < 4.78 is 4.18. The fourth-order valence-electron chi connectivity index (χ4n) is 1.59. The molecule has 80 valence electrons. The van der Waals surface area contributed by atoms with E-state index < -0.39 is 0 Å². The predicted octanol–water partition coefficient (Wildman–Crippen LogP) is 0.547. The highest BCUT2D eigenvalue weighted by atomic mass is 15.1. The SMILES string of the molecule is Cc1nccn1CCn1ccnc1CN. The molecule has 0 aliphatic heterocycles. The number of aromatic nitrogens is 4. The van der Waals surface area contributed by atoms with Gasteiger partial charge >= 0.3 is 0 Å². The average molecular weight is 205 g/mol. The fraction of sp³-hybridized carbons (Fsp3) is 0.400. The number of nitrogens with zero attached hydrogens (tertiary/aromatic N) is 4. The Morgan fingerprint density at radius 3 is 2.47 bits per heavy atom. The van der Waals surface area contributed by atoms with Gasteiger partial charge in [0.1, 0.15) is 11.6 Å². The zero-order valence-electron chi connectivity index (χ0n) is 8.80. The third-order valence-corrected chi connectivity index (χ3v) is 2.49. The molecule has 0 atom stereocenters. The van der Waals surface area contributed by atoms with E-state index in [9.17, 15) is 0 Å². The first-order valence-electron chi connectivity index (χ1n) is 4.99. The van der Waals surface area contributed by atoms with Crippen LogP contribution in [-0.2, 0) is 19.6 Å². The summed E-state index contributed by atoms with van der Waals surface area (Å²) in [6.45, 7) is 4.26. The van der Waals surface area contributed by atoms with Crippen molar-refractivity contribution in [3.63, 3.8) is 0 Å². The van der Waals surface area contributed by atoms with E-state index in [1.165, 1.54) is 0 Å². The van der Waals surface area contributed by atoms with Crippen LogP contribution in [0.5, 0.6) is 0 Å². The van der Waals surface area contributed by atoms with Crippen LogP contribution in [-0.4, -0.2) is 19.1 Å². The molecule has 0 aromatic carbocycles. The number of nitrogens with two attached hydrogens (primary N) is 1. The minimum Gasteiger partial charge on any atom is -0.333 e. The van der Waals surface area contributed by atoms with E-state index in [0.717, 1.165) is 24.7 Å². The summed E-state index contributed by atoms with van der Waals surface area (Å²) in [5.74, 6) is 1.96. The smallest absolute Gasteiger partial charge is 0.122 e. The van der Waals surface area contributed by atoms with Gasteiger partial charge < -0.3 is 14.9 Å². The summed E-state index contributed by atoms with van der Waals surface area (Å²) in [4.78, 5) is 8.34. The summed E-state index contributed by atoms with van der Waals surface area (Å²) >= 11 is 0. The molecule has 2 aromatic rings. The molecule has 5 heteroatoms. The Balaban J connectivity index is 2.02. The van der Waals surface area contributed by atoms with Crippen molar-refractivity contribution < 1.29 is 0 Å². The summed E-state index contributed by atoms with van der Waals surface area (Å²) in [6, 6.07) is 0. The van der Waals surface area contributed by atoms with Crippen LogP contribution in [0.25, 0.3) is 0 Å². The van der Waals surface area contributed by atoms with Crippen molar-refractivity contribution in [2.24, 2.45) is 5.73 Å². The Morgan fingerprint density at radius 2 is 1.80 bits per heavy atom. The fourth-order valence-corrected chi connectivity index (χ4v) is 1.59. The summed E-state index contributed by atoms with van der Waals surface area (Å²) in [5, 5.41) is 0.